The van der Waals surface area contributed by atoms with E-state index in [9.17, 15) is 0 Å². The summed E-state index contributed by atoms with van der Waals surface area (Å²) in [7, 11) is 0. The first-order valence-electron chi connectivity index (χ1n) is 4.93. The van der Waals surface area contributed by atoms with Gasteiger partial charge in [-0.15, -0.1) is 10.2 Å². The van der Waals surface area contributed by atoms with Crippen molar-refractivity contribution in [3.63, 3.8) is 0 Å². The summed E-state index contributed by atoms with van der Waals surface area (Å²) >= 11 is 1.49. The van der Waals surface area contributed by atoms with Crippen LogP contribution in [0.25, 0.3) is 0 Å². The summed E-state index contributed by atoms with van der Waals surface area (Å²) in [5.74, 6) is 0.251. The van der Waals surface area contributed by atoms with Crippen molar-refractivity contribution in [2.45, 2.75) is 13.3 Å². The zero-order valence-electron chi connectivity index (χ0n) is 8.79. The lowest BCUT2D eigenvalue weighted by atomic mass is 10.2. The van der Waals surface area contributed by atoms with Gasteiger partial charge in [0.05, 0.1) is 0 Å². The van der Waals surface area contributed by atoms with E-state index in [0.29, 0.717) is 5.13 Å². The van der Waals surface area contributed by atoms with E-state index >= 15 is 0 Å². The Morgan fingerprint density at radius 1 is 1.31 bits per heavy atom. The van der Waals surface area contributed by atoms with E-state index in [0.717, 1.165) is 17.0 Å². The maximum Gasteiger partial charge on any atom is 0.231 e. The van der Waals surface area contributed by atoms with Crippen molar-refractivity contribution >= 4 is 22.7 Å². The molecule has 2 rings (SSSR count). The van der Waals surface area contributed by atoms with Gasteiger partial charge in [0.2, 0.25) is 5.13 Å². The molecule has 0 fully saturated rings. The Kier molecular flexibility index (Phi) is 3.26. The quantitative estimate of drug-likeness (QED) is 0.829. The lowest BCUT2D eigenvalue weighted by molar-refractivity contribution is 0.475. The largest absolute Gasteiger partial charge is 0.508 e. The van der Waals surface area contributed by atoms with Crippen LogP contribution in [0.5, 0.6) is 5.75 Å². The second-order valence-electron chi connectivity index (χ2n) is 3.18. The molecule has 0 aliphatic heterocycles. The standard InChI is InChI=1S/C11H11N3OS/c1-2-10-13-14-11(16-10)12-7-8-3-5-9(15)6-4-8/h3-7,15H,2H2,1H3. The fraction of sp³-hybridized carbons (Fsp3) is 0.182. The number of aliphatic imine (C=N–C) groups is 1. The monoisotopic (exact) mass is 233 g/mol. The van der Waals surface area contributed by atoms with Crippen molar-refractivity contribution in [1.82, 2.24) is 10.2 Å². The summed E-state index contributed by atoms with van der Waals surface area (Å²) in [6.07, 6.45) is 2.59. The van der Waals surface area contributed by atoms with Crippen LogP contribution in [-0.2, 0) is 6.42 Å². The molecule has 0 aliphatic carbocycles. The van der Waals surface area contributed by atoms with E-state index in [4.69, 9.17) is 5.11 Å². The molecule has 0 amide bonds. The Balaban J connectivity index is 2.11. The maximum atomic E-state index is 9.11. The summed E-state index contributed by atoms with van der Waals surface area (Å²) in [5.41, 5.74) is 0.922. The average molecular weight is 233 g/mol. The molecule has 2 aromatic rings. The average Bonchev–Trinajstić information content (AvgIpc) is 2.76. The van der Waals surface area contributed by atoms with Crippen LogP contribution in [0.1, 0.15) is 17.5 Å². The lowest BCUT2D eigenvalue weighted by Crippen LogP contribution is -1.78. The predicted octanol–water partition coefficient (Wildman–Crippen LogP) is 2.56. The van der Waals surface area contributed by atoms with Crippen molar-refractivity contribution in [2.24, 2.45) is 4.99 Å². The maximum absolute atomic E-state index is 9.11. The molecular formula is C11H11N3OS. The molecule has 0 spiro atoms. The Bertz CT molecular complexity index is 490. The number of phenols is 1. The number of rotatable bonds is 3. The van der Waals surface area contributed by atoms with Crippen molar-refractivity contribution in [3.8, 4) is 5.75 Å². The first-order chi connectivity index (χ1) is 7.78. The second kappa shape index (κ2) is 4.85. The van der Waals surface area contributed by atoms with Crippen molar-refractivity contribution in [2.75, 3.05) is 0 Å². The van der Waals surface area contributed by atoms with E-state index in [1.165, 1.54) is 11.3 Å². The first-order valence-corrected chi connectivity index (χ1v) is 5.75. The molecule has 1 aromatic heterocycles. The van der Waals surface area contributed by atoms with Crippen LogP contribution in [0, 0.1) is 0 Å². The van der Waals surface area contributed by atoms with Gasteiger partial charge in [0, 0.05) is 6.21 Å². The Morgan fingerprint density at radius 2 is 2.06 bits per heavy atom. The first kappa shape index (κ1) is 10.8. The fourth-order valence-corrected chi connectivity index (χ4v) is 1.75. The molecule has 1 aromatic carbocycles. The van der Waals surface area contributed by atoms with Crippen molar-refractivity contribution < 1.29 is 5.11 Å². The van der Waals surface area contributed by atoms with Crippen LogP contribution in [0.4, 0.5) is 5.13 Å². The topological polar surface area (TPSA) is 58.4 Å². The number of hydrogen-bond donors (Lipinski definition) is 1. The van der Waals surface area contributed by atoms with Gasteiger partial charge in [-0.05, 0) is 36.2 Å². The van der Waals surface area contributed by atoms with Gasteiger partial charge in [-0.25, -0.2) is 4.99 Å². The molecule has 5 heteroatoms. The molecule has 0 bridgehead atoms. The van der Waals surface area contributed by atoms with Gasteiger partial charge in [-0.2, -0.15) is 0 Å². The van der Waals surface area contributed by atoms with Gasteiger partial charge in [0.1, 0.15) is 10.8 Å². The molecule has 1 heterocycles. The summed E-state index contributed by atoms with van der Waals surface area (Å²) in [4.78, 5) is 4.21. The summed E-state index contributed by atoms with van der Waals surface area (Å²) in [6, 6.07) is 6.83. The Morgan fingerprint density at radius 3 is 2.69 bits per heavy atom. The van der Waals surface area contributed by atoms with E-state index in [1.807, 2.05) is 6.92 Å². The number of phenolic OH excluding ortho intramolecular Hbond substituents is 1. The molecule has 0 radical (unpaired) electrons. The molecular weight excluding hydrogens is 222 g/mol. The zero-order valence-corrected chi connectivity index (χ0v) is 9.61. The highest BCUT2D eigenvalue weighted by Gasteiger charge is 1.98. The normalized spacial score (nSPS) is 11.1. The van der Waals surface area contributed by atoms with Crippen molar-refractivity contribution in [3.05, 3.63) is 34.8 Å². The second-order valence-corrected chi connectivity index (χ2v) is 4.22. The van der Waals surface area contributed by atoms with Gasteiger partial charge in [0.15, 0.2) is 0 Å². The number of aromatic hydroxyl groups is 1. The van der Waals surface area contributed by atoms with Crippen molar-refractivity contribution in [1.29, 1.82) is 0 Å². The molecule has 0 saturated carbocycles. The van der Waals surface area contributed by atoms with Gasteiger partial charge in [0.25, 0.3) is 0 Å². The van der Waals surface area contributed by atoms with Crippen LogP contribution in [0.2, 0.25) is 0 Å². The van der Waals surface area contributed by atoms with Gasteiger partial charge >= 0.3 is 0 Å². The number of hydrogen-bond acceptors (Lipinski definition) is 5. The number of aryl methyl sites for hydroxylation is 1. The molecule has 0 unspecified atom stereocenters. The molecule has 4 nitrogen and oxygen atoms in total. The predicted molar refractivity (Wildman–Crippen MR) is 64.6 cm³/mol. The zero-order chi connectivity index (χ0) is 11.4. The van der Waals surface area contributed by atoms with Gasteiger partial charge in [-0.1, -0.05) is 18.3 Å². The van der Waals surface area contributed by atoms with E-state index in [1.54, 1.807) is 30.5 Å². The summed E-state index contributed by atoms with van der Waals surface area (Å²) in [5, 5.41) is 18.7. The van der Waals surface area contributed by atoms with Gasteiger partial charge in [-0.3, -0.25) is 0 Å². The minimum Gasteiger partial charge on any atom is -0.508 e. The third-order valence-electron chi connectivity index (χ3n) is 1.98. The van der Waals surface area contributed by atoms with Gasteiger partial charge < -0.3 is 5.11 Å². The van der Waals surface area contributed by atoms with Crippen LogP contribution in [-0.4, -0.2) is 21.5 Å². The molecule has 0 saturated heterocycles. The SMILES string of the molecule is CCc1nnc(N=Cc2ccc(O)cc2)s1. The van der Waals surface area contributed by atoms with E-state index in [-0.39, 0.29) is 5.75 Å². The molecule has 82 valence electrons. The Labute approximate surface area is 97.3 Å². The molecule has 1 N–H and O–H groups in total. The highest BCUT2D eigenvalue weighted by molar-refractivity contribution is 7.14. The molecule has 16 heavy (non-hydrogen) atoms. The van der Waals surface area contributed by atoms with E-state index < -0.39 is 0 Å². The number of benzene rings is 1. The van der Waals surface area contributed by atoms with Crippen LogP contribution in [0.15, 0.2) is 29.3 Å². The smallest absolute Gasteiger partial charge is 0.231 e. The molecule has 0 aliphatic rings. The summed E-state index contributed by atoms with van der Waals surface area (Å²) < 4.78 is 0. The highest BCUT2D eigenvalue weighted by Crippen LogP contribution is 2.18. The minimum atomic E-state index is 0.251. The third kappa shape index (κ3) is 2.64. The van der Waals surface area contributed by atoms with Crippen LogP contribution >= 0.6 is 11.3 Å². The van der Waals surface area contributed by atoms with Crippen LogP contribution < -0.4 is 0 Å². The fourth-order valence-electron chi connectivity index (χ4n) is 1.13. The molecule has 0 atom stereocenters. The highest BCUT2D eigenvalue weighted by atomic mass is 32.1. The third-order valence-corrected chi connectivity index (χ3v) is 2.95. The minimum absolute atomic E-state index is 0.251. The summed E-state index contributed by atoms with van der Waals surface area (Å²) in [6.45, 7) is 2.04. The van der Waals surface area contributed by atoms with Crippen LogP contribution in [0.3, 0.4) is 0 Å². The Hall–Kier alpha value is -1.75. The number of aromatic nitrogens is 2. The lowest BCUT2D eigenvalue weighted by Gasteiger charge is -1.92. The van der Waals surface area contributed by atoms with E-state index in [2.05, 4.69) is 15.2 Å². The number of nitrogens with zero attached hydrogens (tertiary/aromatic N) is 3.